The first-order valence-corrected chi connectivity index (χ1v) is 3.13. The molecule has 0 aliphatic rings. The maximum atomic E-state index is 10.1. The Morgan fingerprint density at radius 1 is 1.40 bits per heavy atom. The molecule has 0 aliphatic heterocycles. The summed E-state index contributed by atoms with van der Waals surface area (Å²) in [5.74, 6) is 0. The lowest BCUT2D eigenvalue weighted by molar-refractivity contribution is 0.111. The lowest BCUT2D eigenvalue weighted by Gasteiger charge is -1.91. The van der Waals surface area contributed by atoms with Gasteiger partial charge in [-0.15, -0.1) is 10.2 Å². The van der Waals surface area contributed by atoms with Crippen LogP contribution >= 0.6 is 23.2 Å². The van der Waals surface area contributed by atoms with Crippen LogP contribution in [-0.2, 0) is 0 Å². The van der Waals surface area contributed by atoms with Crippen molar-refractivity contribution >= 4 is 29.5 Å². The SMILES string of the molecule is O=Cc1nnc(Cl)cc1Cl. The van der Waals surface area contributed by atoms with Gasteiger partial charge in [0.15, 0.2) is 11.4 Å². The second-order valence-electron chi connectivity index (χ2n) is 1.52. The van der Waals surface area contributed by atoms with Crippen molar-refractivity contribution in [1.82, 2.24) is 10.2 Å². The van der Waals surface area contributed by atoms with Crippen LogP contribution in [0.25, 0.3) is 0 Å². The van der Waals surface area contributed by atoms with Crippen LogP contribution in [0.1, 0.15) is 10.5 Å². The number of carbonyl (C=O) groups is 1. The molecule has 0 saturated carbocycles. The van der Waals surface area contributed by atoms with E-state index in [1.54, 1.807) is 0 Å². The molecule has 5 heteroatoms. The van der Waals surface area contributed by atoms with Gasteiger partial charge in [0, 0.05) is 0 Å². The minimum atomic E-state index is 0.103. The van der Waals surface area contributed by atoms with E-state index in [9.17, 15) is 4.79 Å². The molecular weight excluding hydrogens is 175 g/mol. The molecule has 1 rings (SSSR count). The van der Waals surface area contributed by atoms with Crippen molar-refractivity contribution in [3.05, 3.63) is 21.9 Å². The van der Waals surface area contributed by atoms with Gasteiger partial charge in [-0.25, -0.2) is 0 Å². The van der Waals surface area contributed by atoms with Crippen LogP contribution in [0.4, 0.5) is 0 Å². The summed E-state index contributed by atoms with van der Waals surface area (Å²) < 4.78 is 0. The molecule has 0 atom stereocenters. The molecule has 1 heterocycles. The highest BCUT2D eigenvalue weighted by Crippen LogP contribution is 2.13. The minimum absolute atomic E-state index is 0.103. The molecule has 0 amide bonds. The predicted molar refractivity (Wildman–Crippen MR) is 37.4 cm³/mol. The molecular formula is C5H2Cl2N2O. The smallest absolute Gasteiger partial charge is 0.171 e. The maximum absolute atomic E-state index is 10.1. The number of nitrogens with zero attached hydrogens (tertiary/aromatic N) is 2. The third kappa shape index (κ3) is 1.43. The summed E-state index contributed by atoms with van der Waals surface area (Å²) in [6, 6.07) is 1.36. The number of carbonyl (C=O) groups excluding carboxylic acids is 1. The first kappa shape index (κ1) is 7.44. The van der Waals surface area contributed by atoms with Crippen molar-refractivity contribution < 1.29 is 4.79 Å². The van der Waals surface area contributed by atoms with Crippen LogP contribution in [0.5, 0.6) is 0 Å². The number of hydrogen-bond acceptors (Lipinski definition) is 3. The van der Waals surface area contributed by atoms with Crippen molar-refractivity contribution in [1.29, 1.82) is 0 Å². The second kappa shape index (κ2) is 2.94. The molecule has 0 saturated heterocycles. The van der Waals surface area contributed by atoms with E-state index in [0.717, 1.165) is 0 Å². The molecule has 3 nitrogen and oxygen atoms in total. The Bertz CT molecular complexity index is 264. The van der Waals surface area contributed by atoms with Gasteiger partial charge in [0.1, 0.15) is 5.69 Å². The van der Waals surface area contributed by atoms with Crippen molar-refractivity contribution in [3.63, 3.8) is 0 Å². The Balaban J connectivity index is 3.19. The Kier molecular flexibility index (Phi) is 2.19. The number of hydrogen-bond donors (Lipinski definition) is 0. The highest BCUT2D eigenvalue weighted by Gasteiger charge is 2.00. The van der Waals surface area contributed by atoms with Gasteiger partial charge in [-0.1, -0.05) is 23.2 Å². The fourth-order valence-corrected chi connectivity index (χ4v) is 0.825. The summed E-state index contributed by atoms with van der Waals surface area (Å²) in [6.45, 7) is 0. The Labute approximate surface area is 67.0 Å². The van der Waals surface area contributed by atoms with Crippen LogP contribution in [0.15, 0.2) is 6.07 Å². The summed E-state index contributed by atoms with van der Waals surface area (Å²) >= 11 is 10.9. The summed E-state index contributed by atoms with van der Waals surface area (Å²) in [5.41, 5.74) is 0.103. The van der Waals surface area contributed by atoms with E-state index in [2.05, 4.69) is 10.2 Å². The molecule has 0 N–H and O–H groups in total. The summed E-state index contributed by atoms with van der Waals surface area (Å²) in [5, 5.41) is 7.22. The van der Waals surface area contributed by atoms with Crippen molar-refractivity contribution in [3.8, 4) is 0 Å². The largest absolute Gasteiger partial charge is 0.296 e. The third-order valence-corrected chi connectivity index (χ3v) is 1.34. The molecule has 0 bridgehead atoms. The zero-order valence-corrected chi connectivity index (χ0v) is 6.23. The van der Waals surface area contributed by atoms with Gasteiger partial charge in [0.25, 0.3) is 0 Å². The molecule has 0 radical (unpaired) electrons. The first-order chi connectivity index (χ1) is 4.74. The summed E-state index contributed by atoms with van der Waals surface area (Å²) in [6.07, 6.45) is 0.520. The van der Waals surface area contributed by atoms with Crippen molar-refractivity contribution in [2.24, 2.45) is 0 Å². The Morgan fingerprint density at radius 2 is 2.10 bits per heavy atom. The van der Waals surface area contributed by atoms with Gasteiger partial charge in [0.05, 0.1) is 5.02 Å². The molecule has 0 aliphatic carbocycles. The van der Waals surface area contributed by atoms with E-state index in [1.807, 2.05) is 0 Å². The fraction of sp³-hybridized carbons (Fsp3) is 0. The van der Waals surface area contributed by atoms with Crippen LogP contribution in [0.2, 0.25) is 10.2 Å². The second-order valence-corrected chi connectivity index (χ2v) is 2.31. The Hall–Kier alpha value is -0.670. The highest BCUT2D eigenvalue weighted by atomic mass is 35.5. The predicted octanol–water partition coefficient (Wildman–Crippen LogP) is 1.60. The zero-order valence-electron chi connectivity index (χ0n) is 4.71. The number of aromatic nitrogens is 2. The average molecular weight is 177 g/mol. The minimum Gasteiger partial charge on any atom is -0.296 e. The normalized spacial score (nSPS) is 9.40. The molecule has 1 aromatic heterocycles. The molecule has 0 spiro atoms. The Morgan fingerprint density at radius 3 is 2.60 bits per heavy atom. The molecule has 52 valence electrons. The van der Waals surface area contributed by atoms with E-state index in [-0.39, 0.29) is 15.9 Å². The standard InChI is InChI=1S/C5H2Cl2N2O/c6-3-1-5(7)9-8-4(3)2-10/h1-2H. The quantitative estimate of drug-likeness (QED) is 0.611. The highest BCUT2D eigenvalue weighted by molar-refractivity contribution is 6.35. The number of rotatable bonds is 1. The van der Waals surface area contributed by atoms with Crippen LogP contribution in [0.3, 0.4) is 0 Å². The molecule has 1 aromatic rings. The lowest BCUT2D eigenvalue weighted by atomic mass is 10.4. The van der Waals surface area contributed by atoms with E-state index in [4.69, 9.17) is 23.2 Å². The van der Waals surface area contributed by atoms with Crippen LogP contribution in [0, 0.1) is 0 Å². The van der Waals surface area contributed by atoms with Gasteiger partial charge in [0.2, 0.25) is 0 Å². The molecule has 0 aromatic carbocycles. The topological polar surface area (TPSA) is 42.9 Å². The van der Waals surface area contributed by atoms with Crippen molar-refractivity contribution in [2.45, 2.75) is 0 Å². The number of aldehydes is 1. The molecule has 10 heavy (non-hydrogen) atoms. The van der Waals surface area contributed by atoms with E-state index in [0.29, 0.717) is 6.29 Å². The van der Waals surface area contributed by atoms with Gasteiger partial charge in [-0.05, 0) is 6.07 Å². The van der Waals surface area contributed by atoms with Gasteiger partial charge >= 0.3 is 0 Å². The van der Waals surface area contributed by atoms with Gasteiger partial charge in [-0.2, -0.15) is 0 Å². The summed E-state index contributed by atoms with van der Waals surface area (Å²) in [7, 11) is 0. The molecule has 0 fully saturated rings. The fourth-order valence-electron chi connectivity index (χ4n) is 0.437. The first-order valence-electron chi connectivity index (χ1n) is 2.38. The van der Waals surface area contributed by atoms with Crippen LogP contribution in [-0.4, -0.2) is 16.5 Å². The summed E-state index contributed by atoms with van der Waals surface area (Å²) in [4.78, 5) is 10.1. The lowest BCUT2D eigenvalue weighted by Crippen LogP contribution is -1.91. The van der Waals surface area contributed by atoms with Gasteiger partial charge in [-0.3, -0.25) is 4.79 Å². The maximum Gasteiger partial charge on any atom is 0.171 e. The van der Waals surface area contributed by atoms with E-state index >= 15 is 0 Å². The zero-order chi connectivity index (χ0) is 7.56. The van der Waals surface area contributed by atoms with Crippen molar-refractivity contribution in [2.75, 3.05) is 0 Å². The molecule has 0 unspecified atom stereocenters. The monoisotopic (exact) mass is 176 g/mol. The van der Waals surface area contributed by atoms with Gasteiger partial charge < -0.3 is 0 Å². The van der Waals surface area contributed by atoms with E-state index in [1.165, 1.54) is 6.07 Å². The van der Waals surface area contributed by atoms with Crippen LogP contribution < -0.4 is 0 Å². The third-order valence-electron chi connectivity index (χ3n) is 0.855. The average Bonchev–Trinajstić information content (AvgIpc) is 1.88. The number of halogens is 2. The van der Waals surface area contributed by atoms with E-state index < -0.39 is 0 Å².